The largest absolute Gasteiger partial charge is 0.573 e. The normalized spacial score (nSPS) is 27.1. The lowest BCUT2D eigenvalue weighted by Gasteiger charge is -2.23. The summed E-state index contributed by atoms with van der Waals surface area (Å²) in [7, 11) is 0. The van der Waals surface area contributed by atoms with E-state index in [-0.39, 0.29) is 29.5 Å². The van der Waals surface area contributed by atoms with Crippen LogP contribution < -0.4 is 10.5 Å². The molecule has 1 aliphatic heterocycles. The van der Waals surface area contributed by atoms with Gasteiger partial charge in [0, 0.05) is 25.0 Å². The summed E-state index contributed by atoms with van der Waals surface area (Å²) in [6.07, 6.45) is -2.35. The van der Waals surface area contributed by atoms with Crippen molar-refractivity contribution in [2.45, 2.75) is 37.6 Å². The number of ether oxygens (including phenoxy) is 1. The van der Waals surface area contributed by atoms with Gasteiger partial charge in [0.05, 0.1) is 0 Å². The van der Waals surface area contributed by atoms with Gasteiger partial charge < -0.3 is 15.4 Å². The van der Waals surface area contributed by atoms with E-state index >= 15 is 0 Å². The maximum absolute atomic E-state index is 12.6. The Morgan fingerprint density at radius 1 is 1.35 bits per heavy atom. The molecule has 1 aliphatic carbocycles. The molecule has 2 fully saturated rings. The highest BCUT2D eigenvalue weighted by Gasteiger charge is 2.49. The van der Waals surface area contributed by atoms with Crippen molar-refractivity contribution in [1.82, 2.24) is 4.90 Å². The number of likely N-dealkylation sites (tertiary alicyclic amines) is 1. The Kier molecular flexibility index (Phi) is 4.23. The first-order valence-corrected chi connectivity index (χ1v) is 7.76. The van der Waals surface area contributed by atoms with Crippen molar-refractivity contribution in [2.75, 3.05) is 13.1 Å². The number of nitrogens with zero attached hydrogens (tertiary/aromatic N) is 1. The van der Waals surface area contributed by atoms with Gasteiger partial charge >= 0.3 is 6.36 Å². The second-order valence-corrected chi connectivity index (χ2v) is 6.10. The molecule has 7 heteroatoms. The predicted octanol–water partition coefficient (Wildman–Crippen LogP) is 2.64. The molecule has 4 nitrogen and oxygen atoms in total. The molecular formula is C16H19F3N2O2. The fourth-order valence-electron chi connectivity index (χ4n) is 3.40. The van der Waals surface area contributed by atoms with Crippen molar-refractivity contribution in [3.05, 3.63) is 29.8 Å². The summed E-state index contributed by atoms with van der Waals surface area (Å²) in [5, 5.41) is 0. The average Bonchev–Trinajstić information content (AvgIpc) is 3.13. The number of amides is 1. The topological polar surface area (TPSA) is 55.6 Å². The zero-order valence-electron chi connectivity index (χ0n) is 12.6. The first-order chi connectivity index (χ1) is 10.9. The molecule has 1 aromatic rings. The predicted molar refractivity (Wildman–Crippen MR) is 77.8 cm³/mol. The van der Waals surface area contributed by atoms with Crippen LogP contribution in [0.25, 0.3) is 0 Å². The van der Waals surface area contributed by atoms with E-state index in [1.165, 1.54) is 12.1 Å². The Morgan fingerprint density at radius 2 is 2.09 bits per heavy atom. The standard InChI is InChI=1S/C16H19F3N2O2/c17-16(18,19)23-14-6-2-1-5-11(14)12-8-13(12)15(22)21-7-3-4-10(21)9-20/h1-2,5-6,10,12-13H,3-4,7-9,20H2/t10-,12-,13+/m0/s1. The fourth-order valence-corrected chi connectivity index (χ4v) is 3.40. The van der Waals surface area contributed by atoms with Gasteiger partial charge in [0.2, 0.25) is 5.91 Å². The fraction of sp³-hybridized carbons (Fsp3) is 0.562. The maximum atomic E-state index is 12.6. The van der Waals surface area contributed by atoms with Gasteiger partial charge in [-0.25, -0.2) is 0 Å². The SMILES string of the molecule is NC[C@@H]1CCCN1C(=O)[C@@H]1C[C@H]1c1ccccc1OC(F)(F)F. The molecule has 3 rings (SSSR count). The number of hydrogen-bond donors (Lipinski definition) is 1. The minimum atomic E-state index is -4.73. The Bertz CT molecular complexity index is 591. The van der Waals surface area contributed by atoms with E-state index in [4.69, 9.17) is 5.73 Å². The number of carbonyl (C=O) groups excluding carboxylic acids is 1. The van der Waals surface area contributed by atoms with Crippen LogP contribution in [0.4, 0.5) is 13.2 Å². The summed E-state index contributed by atoms with van der Waals surface area (Å²) in [4.78, 5) is 14.4. The Balaban J connectivity index is 1.72. The second-order valence-electron chi connectivity index (χ2n) is 6.10. The number of carbonyl (C=O) groups is 1. The summed E-state index contributed by atoms with van der Waals surface area (Å²) >= 11 is 0. The molecule has 1 saturated carbocycles. The van der Waals surface area contributed by atoms with Gasteiger partial charge in [-0.2, -0.15) is 0 Å². The minimum absolute atomic E-state index is 0.00441. The minimum Gasteiger partial charge on any atom is -0.405 e. The van der Waals surface area contributed by atoms with E-state index in [1.807, 2.05) is 0 Å². The number of halogens is 3. The molecule has 2 aliphatic rings. The third-order valence-electron chi connectivity index (χ3n) is 4.58. The molecule has 0 aromatic heterocycles. The van der Waals surface area contributed by atoms with Gasteiger partial charge in [-0.15, -0.1) is 13.2 Å². The second kappa shape index (κ2) is 6.03. The highest BCUT2D eigenvalue weighted by atomic mass is 19.4. The number of alkyl halides is 3. The number of nitrogens with two attached hydrogens (primary N) is 1. The van der Waals surface area contributed by atoms with Crippen molar-refractivity contribution < 1.29 is 22.7 Å². The first-order valence-electron chi connectivity index (χ1n) is 7.76. The van der Waals surface area contributed by atoms with Crippen molar-refractivity contribution in [3.63, 3.8) is 0 Å². The molecule has 126 valence electrons. The lowest BCUT2D eigenvalue weighted by Crippen LogP contribution is -2.40. The summed E-state index contributed by atoms with van der Waals surface area (Å²) in [5.41, 5.74) is 6.13. The molecule has 0 spiro atoms. The molecule has 1 aromatic carbocycles. The van der Waals surface area contributed by atoms with E-state index in [1.54, 1.807) is 17.0 Å². The van der Waals surface area contributed by atoms with Gasteiger partial charge in [-0.05, 0) is 36.8 Å². The van der Waals surface area contributed by atoms with Crippen LogP contribution in [0.5, 0.6) is 5.75 Å². The van der Waals surface area contributed by atoms with Gasteiger partial charge in [-0.3, -0.25) is 4.79 Å². The van der Waals surface area contributed by atoms with Crippen molar-refractivity contribution in [3.8, 4) is 5.75 Å². The van der Waals surface area contributed by atoms with Gasteiger partial charge in [0.1, 0.15) is 5.75 Å². The van der Waals surface area contributed by atoms with Crippen molar-refractivity contribution in [1.29, 1.82) is 0 Å². The maximum Gasteiger partial charge on any atom is 0.573 e. The van der Waals surface area contributed by atoms with Crippen LogP contribution in [0.3, 0.4) is 0 Å². The molecular weight excluding hydrogens is 309 g/mol. The summed E-state index contributed by atoms with van der Waals surface area (Å²) in [6.45, 7) is 1.11. The highest BCUT2D eigenvalue weighted by molar-refractivity contribution is 5.83. The van der Waals surface area contributed by atoms with Gasteiger partial charge in [0.15, 0.2) is 0 Å². The average molecular weight is 328 g/mol. The smallest absolute Gasteiger partial charge is 0.405 e. The number of para-hydroxylation sites is 1. The van der Waals surface area contributed by atoms with Crippen LogP contribution in [-0.2, 0) is 4.79 Å². The van der Waals surface area contributed by atoms with E-state index in [0.29, 0.717) is 25.1 Å². The van der Waals surface area contributed by atoms with Crippen LogP contribution in [0.15, 0.2) is 24.3 Å². The Morgan fingerprint density at radius 3 is 2.78 bits per heavy atom. The molecule has 1 saturated heterocycles. The van der Waals surface area contributed by atoms with E-state index < -0.39 is 6.36 Å². The number of benzene rings is 1. The lowest BCUT2D eigenvalue weighted by molar-refractivity contribution is -0.274. The van der Waals surface area contributed by atoms with Crippen LogP contribution in [-0.4, -0.2) is 36.3 Å². The monoisotopic (exact) mass is 328 g/mol. The van der Waals surface area contributed by atoms with E-state index in [2.05, 4.69) is 4.74 Å². The Labute approximate surface area is 132 Å². The zero-order chi connectivity index (χ0) is 16.6. The van der Waals surface area contributed by atoms with Gasteiger partial charge in [-0.1, -0.05) is 18.2 Å². The van der Waals surface area contributed by atoms with Crippen LogP contribution >= 0.6 is 0 Å². The summed E-state index contributed by atoms with van der Waals surface area (Å²) in [6, 6.07) is 6.11. The van der Waals surface area contributed by atoms with Crippen LogP contribution in [0.2, 0.25) is 0 Å². The van der Waals surface area contributed by atoms with E-state index in [0.717, 1.165) is 12.8 Å². The zero-order valence-corrected chi connectivity index (χ0v) is 12.6. The molecule has 2 N–H and O–H groups in total. The molecule has 0 radical (unpaired) electrons. The quantitative estimate of drug-likeness (QED) is 0.924. The number of rotatable bonds is 4. The van der Waals surface area contributed by atoms with Crippen LogP contribution in [0, 0.1) is 5.92 Å². The molecule has 0 unspecified atom stereocenters. The number of hydrogen-bond acceptors (Lipinski definition) is 3. The highest BCUT2D eigenvalue weighted by Crippen LogP contribution is 2.52. The third kappa shape index (κ3) is 3.44. The molecule has 3 atom stereocenters. The Hall–Kier alpha value is -1.76. The van der Waals surface area contributed by atoms with Crippen molar-refractivity contribution >= 4 is 5.91 Å². The van der Waals surface area contributed by atoms with Crippen LogP contribution in [0.1, 0.15) is 30.7 Å². The molecule has 1 amide bonds. The molecule has 0 bridgehead atoms. The summed E-state index contributed by atoms with van der Waals surface area (Å²) in [5.74, 6) is -0.679. The third-order valence-corrected chi connectivity index (χ3v) is 4.58. The van der Waals surface area contributed by atoms with Crippen molar-refractivity contribution in [2.24, 2.45) is 11.7 Å². The molecule has 1 heterocycles. The van der Waals surface area contributed by atoms with E-state index in [9.17, 15) is 18.0 Å². The first kappa shape index (κ1) is 16.1. The summed E-state index contributed by atoms with van der Waals surface area (Å²) < 4.78 is 41.6. The van der Waals surface area contributed by atoms with Gasteiger partial charge in [0.25, 0.3) is 0 Å². The lowest BCUT2D eigenvalue weighted by atomic mass is 10.1. The molecule has 23 heavy (non-hydrogen) atoms.